The van der Waals surface area contributed by atoms with Crippen LogP contribution < -0.4 is 5.32 Å². The number of nitrogens with zero attached hydrogens (tertiary/aromatic N) is 2. The predicted molar refractivity (Wildman–Crippen MR) is 67.8 cm³/mol. The third-order valence-electron chi connectivity index (χ3n) is 2.41. The Kier molecular flexibility index (Phi) is 3.82. The summed E-state index contributed by atoms with van der Waals surface area (Å²) >= 11 is 0. The lowest BCUT2D eigenvalue weighted by Gasteiger charge is -2.05. The van der Waals surface area contributed by atoms with Crippen molar-refractivity contribution in [1.29, 1.82) is 0 Å². The van der Waals surface area contributed by atoms with Gasteiger partial charge in [0.15, 0.2) is 0 Å². The number of carbonyl (C=O) groups is 2. The fourth-order valence-electron chi connectivity index (χ4n) is 1.51. The van der Waals surface area contributed by atoms with Crippen LogP contribution in [-0.4, -0.2) is 27.2 Å². The molecule has 2 aromatic rings. The lowest BCUT2D eigenvalue weighted by atomic mass is 10.1. The summed E-state index contributed by atoms with van der Waals surface area (Å²) in [6, 6.07) is 8.19. The number of hydrogen-bond donors (Lipinski definition) is 2. The van der Waals surface area contributed by atoms with E-state index in [-0.39, 0.29) is 12.3 Å². The largest absolute Gasteiger partial charge is 0.481 e. The molecule has 19 heavy (non-hydrogen) atoms. The molecule has 1 amide bonds. The zero-order valence-electron chi connectivity index (χ0n) is 9.91. The van der Waals surface area contributed by atoms with Gasteiger partial charge < -0.3 is 10.4 Å². The SMILES string of the molecule is O=C(O)Cc1ccc(NC(=O)c2ccnnc2)cc1. The molecule has 0 aliphatic heterocycles. The Bertz CT molecular complexity index is 582. The topological polar surface area (TPSA) is 92.2 Å². The molecule has 1 aromatic carbocycles. The molecule has 0 spiro atoms. The van der Waals surface area contributed by atoms with Gasteiger partial charge in [0.05, 0.1) is 24.4 Å². The van der Waals surface area contributed by atoms with E-state index in [2.05, 4.69) is 15.5 Å². The molecule has 1 aromatic heterocycles. The summed E-state index contributed by atoms with van der Waals surface area (Å²) in [4.78, 5) is 22.3. The molecule has 0 radical (unpaired) electrons. The van der Waals surface area contributed by atoms with Crippen LogP contribution in [0.4, 0.5) is 5.69 Å². The van der Waals surface area contributed by atoms with Crippen LogP contribution in [0.25, 0.3) is 0 Å². The summed E-state index contributed by atoms with van der Waals surface area (Å²) in [6.45, 7) is 0. The molecular weight excluding hydrogens is 246 g/mol. The van der Waals surface area contributed by atoms with Crippen molar-refractivity contribution >= 4 is 17.6 Å². The highest BCUT2D eigenvalue weighted by Gasteiger charge is 2.06. The van der Waals surface area contributed by atoms with E-state index in [4.69, 9.17) is 5.11 Å². The number of carbonyl (C=O) groups excluding carboxylic acids is 1. The van der Waals surface area contributed by atoms with Crippen molar-refractivity contribution in [2.45, 2.75) is 6.42 Å². The van der Waals surface area contributed by atoms with Crippen molar-refractivity contribution in [3.05, 3.63) is 53.9 Å². The highest BCUT2D eigenvalue weighted by molar-refractivity contribution is 6.03. The minimum Gasteiger partial charge on any atom is -0.481 e. The highest BCUT2D eigenvalue weighted by Crippen LogP contribution is 2.11. The second-order valence-electron chi connectivity index (χ2n) is 3.85. The maximum atomic E-state index is 11.8. The number of rotatable bonds is 4. The zero-order valence-corrected chi connectivity index (χ0v) is 9.91. The first-order chi connectivity index (χ1) is 9.15. The van der Waals surface area contributed by atoms with E-state index < -0.39 is 5.97 Å². The van der Waals surface area contributed by atoms with E-state index >= 15 is 0 Å². The van der Waals surface area contributed by atoms with Crippen LogP contribution in [0.5, 0.6) is 0 Å². The monoisotopic (exact) mass is 257 g/mol. The number of carboxylic acid groups (broad SMARTS) is 1. The van der Waals surface area contributed by atoms with Crippen LogP contribution >= 0.6 is 0 Å². The second kappa shape index (κ2) is 5.72. The van der Waals surface area contributed by atoms with Gasteiger partial charge in [-0.3, -0.25) is 9.59 Å². The summed E-state index contributed by atoms with van der Waals surface area (Å²) < 4.78 is 0. The van der Waals surface area contributed by atoms with Crippen molar-refractivity contribution in [2.75, 3.05) is 5.32 Å². The second-order valence-corrected chi connectivity index (χ2v) is 3.85. The van der Waals surface area contributed by atoms with E-state index in [1.807, 2.05) is 0 Å². The maximum Gasteiger partial charge on any atom is 0.307 e. The van der Waals surface area contributed by atoms with Crippen molar-refractivity contribution < 1.29 is 14.7 Å². The first-order valence-corrected chi connectivity index (χ1v) is 5.54. The van der Waals surface area contributed by atoms with Gasteiger partial charge in [-0.25, -0.2) is 0 Å². The molecule has 0 unspecified atom stereocenters. The molecule has 0 bridgehead atoms. The first kappa shape index (κ1) is 12.7. The van der Waals surface area contributed by atoms with Crippen LogP contribution in [0.1, 0.15) is 15.9 Å². The summed E-state index contributed by atoms with van der Waals surface area (Å²) in [6.07, 6.45) is 2.77. The fourth-order valence-corrected chi connectivity index (χ4v) is 1.51. The van der Waals surface area contributed by atoms with Crippen LogP contribution in [0.2, 0.25) is 0 Å². The van der Waals surface area contributed by atoms with Crippen molar-refractivity contribution in [3.8, 4) is 0 Å². The van der Waals surface area contributed by atoms with Crippen LogP contribution in [0, 0.1) is 0 Å². The predicted octanol–water partition coefficient (Wildman–Crippen LogP) is 1.36. The molecule has 0 saturated carbocycles. The summed E-state index contributed by atoms with van der Waals surface area (Å²) in [5.74, 6) is -1.18. The average Bonchev–Trinajstić information content (AvgIpc) is 2.41. The van der Waals surface area contributed by atoms with Crippen LogP contribution in [0.15, 0.2) is 42.7 Å². The number of amides is 1. The Morgan fingerprint density at radius 1 is 1.11 bits per heavy atom. The summed E-state index contributed by atoms with van der Waals surface area (Å²) in [5.41, 5.74) is 1.68. The quantitative estimate of drug-likeness (QED) is 0.862. The zero-order chi connectivity index (χ0) is 13.7. The molecule has 1 heterocycles. The molecule has 0 aliphatic rings. The summed E-state index contributed by atoms with van der Waals surface area (Å²) in [5, 5.41) is 18.5. The van der Waals surface area contributed by atoms with Crippen molar-refractivity contribution in [2.24, 2.45) is 0 Å². The Labute approximate surface area is 109 Å². The third kappa shape index (κ3) is 3.60. The molecule has 2 rings (SSSR count). The van der Waals surface area contributed by atoms with E-state index in [0.29, 0.717) is 16.8 Å². The van der Waals surface area contributed by atoms with Crippen molar-refractivity contribution in [1.82, 2.24) is 10.2 Å². The molecule has 96 valence electrons. The molecule has 0 fully saturated rings. The average molecular weight is 257 g/mol. The normalized spacial score (nSPS) is 9.89. The van der Waals surface area contributed by atoms with Gasteiger partial charge in [-0.1, -0.05) is 12.1 Å². The smallest absolute Gasteiger partial charge is 0.307 e. The molecule has 6 heteroatoms. The van der Waals surface area contributed by atoms with Gasteiger partial charge in [-0.15, -0.1) is 0 Å². The minimum absolute atomic E-state index is 0.0392. The number of hydrogen-bond acceptors (Lipinski definition) is 4. The lowest BCUT2D eigenvalue weighted by Crippen LogP contribution is -2.12. The Balaban J connectivity index is 2.04. The van der Waals surface area contributed by atoms with Gasteiger partial charge in [0.1, 0.15) is 0 Å². The maximum absolute atomic E-state index is 11.8. The van der Waals surface area contributed by atoms with Gasteiger partial charge in [0.2, 0.25) is 0 Å². The van der Waals surface area contributed by atoms with Crippen molar-refractivity contribution in [3.63, 3.8) is 0 Å². The summed E-state index contributed by atoms with van der Waals surface area (Å²) in [7, 11) is 0. The number of benzene rings is 1. The van der Waals surface area contributed by atoms with E-state index in [0.717, 1.165) is 0 Å². The van der Waals surface area contributed by atoms with Crippen LogP contribution in [0.3, 0.4) is 0 Å². The third-order valence-corrected chi connectivity index (χ3v) is 2.41. The lowest BCUT2D eigenvalue weighted by molar-refractivity contribution is -0.136. The first-order valence-electron chi connectivity index (χ1n) is 5.54. The number of carboxylic acids is 1. The minimum atomic E-state index is -0.889. The molecule has 6 nitrogen and oxygen atoms in total. The molecule has 0 saturated heterocycles. The number of anilines is 1. The number of aromatic nitrogens is 2. The van der Waals surface area contributed by atoms with E-state index in [1.54, 1.807) is 30.3 Å². The Hall–Kier alpha value is -2.76. The fraction of sp³-hybridized carbons (Fsp3) is 0.0769. The Morgan fingerprint density at radius 2 is 1.84 bits per heavy atom. The standard InChI is InChI=1S/C13H11N3O3/c17-12(18)7-9-1-3-11(4-2-9)16-13(19)10-5-6-14-15-8-10/h1-6,8H,7H2,(H,16,19)(H,17,18). The van der Waals surface area contributed by atoms with Gasteiger partial charge in [-0.05, 0) is 23.8 Å². The number of nitrogens with one attached hydrogen (secondary N) is 1. The number of aliphatic carboxylic acids is 1. The van der Waals surface area contributed by atoms with E-state index in [9.17, 15) is 9.59 Å². The van der Waals surface area contributed by atoms with E-state index in [1.165, 1.54) is 12.4 Å². The van der Waals surface area contributed by atoms with Gasteiger partial charge in [0.25, 0.3) is 5.91 Å². The van der Waals surface area contributed by atoms with Gasteiger partial charge >= 0.3 is 5.97 Å². The molecule has 0 atom stereocenters. The molecule has 2 N–H and O–H groups in total. The van der Waals surface area contributed by atoms with Gasteiger partial charge in [-0.2, -0.15) is 10.2 Å². The molecular formula is C13H11N3O3. The van der Waals surface area contributed by atoms with Crippen LogP contribution in [-0.2, 0) is 11.2 Å². The highest BCUT2D eigenvalue weighted by atomic mass is 16.4. The Morgan fingerprint density at radius 3 is 2.42 bits per heavy atom. The van der Waals surface area contributed by atoms with Gasteiger partial charge in [0, 0.05) is 5.69 Å². The molecule has 0 aliphatic carbocycles.